The van der Waals surface area contributed by atoms with Gasteiger partial charge >= 0.3 is 5.97 Å². The Morgan fingerprint density at radius 1 is 1.41 bits per heavy atom. The number of benzene rings is 1. The molecule has 0 bridgehead atoms. The van der Waals surface area contributed by atoms with Gasteiger partial charge in [0.2, 0.25) is 5.91 Å². The van der Waals surface area contributed by atoms with E-state index in [1.165, 1.54) is 18.2 Å². The maximum atomic E-state index is 11.6. The van der Waals surface area contributed by atoms with Gasteiger partial charge in [0.25, 0.3) is 0 Å². The van der Waals surface area contributed by atoms with Gasteiger partial charge in [-0.25, -0.2) is 4.79 Å². The Kier molecular flexibility index (Phi) is 4.48. The highest BCUT2D eigenvalue weighted by Gasteiger charge is 2.15. The number of rotatable bonds is 4. The highest BCUT2D eigenvalue weighted by Crippen LogP contribution is 2.20. The lowest BCUT2D eigenvalue weighted by molar-refractivity contribution is -0.117. The molecule has 1 aromatic carbocycles. The van der Waals surface area contributed by atoms with Crippen LogP contribution in [0.3, 0.4) is 0 Å². The Labute approximate surface area is 104 Å². The average molecular weight is 257 g/mol. The Morgan fingerprint density at radius 3 is 2.59 bits per heavy atom. The molecule has 1 atom stereocenters. The van der Waals surface area contributed by atoms with Gasteiger partial charge in [-0.05, 0) is 32.2 Å². The number of carbonyl (C=O) groups excluding carboxylic acids is 1. The Bertz CT molecular complexity index is 448. The third-order valence-electron chi connectivity index (χ3n) is 2.30. The number of hydrogen-bond donors (Lipinski definition) is 3. The number of anilines is 1. The van der Waals surface area contributed by atoms with Crippen LogP contribution < -0.4 is 10.6 Å². The second-order valence-corrected chi connectivity index (χ2v) is 3.93. The van der Waals surface area contributed by atoms with Crippen LogP contribution in [0.25, 0.3) is 0 Å². The maximum Gasteiger partial charge on any atom is 0.337 e. The van der Waals surface area contributed by atoms with Gasteiger partial charge in [0.05, 0.1) is 17.3 Å². The Balaban J connectivity index is 2.98. The van der Waals surface area contributed by atoms with E-state index in [1.807, 2.05) is 0 Å². The number of carbonyl (C=O) groups is 2. The van der Waals surface area contributed by atoms with E-state index >= 15 is 0 Å². The van der Waals surface area contributed by atoms with Crippen molar-refractivity contribution in [2.75, 3.05) is 12.4 Å². The summed E-state index contributed by atoms with van der Waals surface area (Å²) in [6.07, 6.45) is 0. The smallest absolute Gasteiger partial charge is 0.337 e. The largest absolute Gasteiger partial charge is 0.478 e. The quantitative estimate of drug-likeness (QED) is 0.764. The molecule has 3 N–H and O–H groups in total. The molecular weight excluding hydrogens is 244 g/mol. The van der Waals surface area contributed by atoms with Gasteiger partial charge in [0.15, 0.2) is 0 Å². The first-order chi connectivity index (χ1) is 7.95. The zero-order valence-corrected chi connectivity index (χ0v) is 10.2. The van der Waals surface area contributed by atoms with Crippen LogP contribution >= 0.6 is 11.6 Å². The lowest BCUT2D eigenvalue weighted by atomic mass is 10.1. The number of aromatic carboxylic acids is 1. The van der Waals surface area contributed by atoms with Crippen molar-refractivity contribution >= 4 is 29.2 Å². The van der Waals surface area contributed by atoms with E-state index in [0.29, 0.717) is 5.02 Å². The highest BCUT2D eigenvalue weighted by molar-refractivity contribution is 6.31. The number of nitrogens with one attached hydrogen (secondary N) is 2. The van der Waals surface area contributed by atoms with E-state index in [9.17, 15) is 9.59 Å². The van der Waals surface area contributed by atoms with Crippen LogP contribution in [0.1, 0.15) is 17.3 Å². The first-order valence-corrected chi connectivity index (χ1v) is 5.34. The highest BCUT2D eigenvalue weighted by atomic mass is 35.5. The van der Waals surface area contributed by atoms with E-state index in [-0.39, 0.29) is 17.2 Å². The van der Waals surface area contributed by atoms with Gasteiger partial charge in [-0.15, -0.1) is 0 Å². The second-order valence-electron chi connectivity index (χ2n) is 3.49. The van der Waals surface area contributed by atoms with Gasteiger partial charge in [-0.3, -0.25) is 4.79 Å². The molecule has 6 heteroatoms. The maximum absolute atomic E-state index is 11.6. The number of likely N-dealkylation sites (N-methyl/N-ethyl adjacent to an activating group) is 1. The Morgan fingerprint density at radius 2 is 2.06 bits per heavy atom. The molecule has 0 saturated heterocycles. The molecule has 0 aliphatic carbocycles. The summed E-state index contributed by atoms with van der Waals surface area (Å²) in [7, 11) is 1.64. The van der Waals surface area contributed by atoms with Gasteiger partial charge in [-0.2, -0.15) is 0 Å². The topological polar surface area (TPSA) is 78.4 Å². The normalized spacial score (nSPS) is 11.9. The minimum Gasteiger partial charge on any atom is -0.478 e. The molecule has 17 heavy (non-hydrogen) atoms. The molecule has 0 fully saturated rings. The van der Waals surface area contributed by atoms with Crippen molar-refractivity contribution < 1.29 is 14.7 Å². The number of carboxylic acid groups (broad SMARTS) is 1. The first-order valence-electron chi connectivity index (χ1n) is 4.96. The molecule has 0 radical (unpaired) electrons. The van der Waals surface area contributed by atoms with E-state index in [1.54, 1.807) is 14.0 Å². The van der Waals surface area contributed by atoms with E-state index < -0.39 is 12.0 Å². The third kappa shape index (κ3) is 3.44. The van der Waals surface area contributed by atoms with Crippen molar-refractivity contribution in [2.45, 2.75) is 13.0 Å². The summed E-state index contributed by atoms with van der Waals surface area (Å²) in [4.78, 5) is 22.6. The minimum atomic E-state index is -1.14. The number of amides is 1. The molecule has 1 unspecified atom stereocenters. The van der Waals surface area contributed by atoms with Crippen LogP contribution in [0, 0.1) is 0 Å². The van der Waals surface area contributed by atoms with E-state index in [0.717, 1.165) is 0 Å². The van der Waals surface area contributed by atoms with Crippen molar-refractivity contribution in [3.05, 3.63) is 28.8 Å². The minimum absolute atomic E-state index is 0.0332. The monoisotopic (exact) mass is 256 g/mol. The second kappa shape index (κ2) is 5.65. The zero-order chi connectivity index (χ0) is 13.0. The van der Waals surface area contributed by atoms with Crippen LogP contribution in [-0.2, 0) is 4.79 Å². The van der Waals surface area contributed by atoms with Crippen LogP contribution in [0.5, 0.6) is 0 Å². The predicted octanol–water partition coefficient (Wildman–Crippen LogP) is 1.58. The summed E-state index contributed by atoms with van der Waals surface area (Å²) in [5.41, 5.74) is 0.197. The van der Waals surface area contributed by atoms with Crippen molar-refractivity contribution in [1.82, 2.24) is 5.32 Å². The summed E-state index contributed by atoms with van der Waals surface area (Å²) in [6, 6.07) is 3.87. The SMILES string of the molecule is CNC(C)C(=O)Nc1ccc(Cl)cc1C(=O)O. The first kappa shape index (κ1) is 13.5. The average Bonchev–Trinajstić information content (AvgIpc) is 2.29. The van der Waals surface area contributed by atoms with E-state index in [4.69, 9.17) is 16.7 Å². The Hall–Kier alpha value is -1.59. The molecule has 1 aromatic rings. The van der Waals surface area contributed by atoms with Crippen LogP contribution in [0.15, 0.2) is 18.2 Å². The summed E-state index contributed by atoms with van der Waals surface area (Å²) in [5, 5.41) is 14.6. The zero-order valence-electron chi connectivity index (χ0n) is 9.45. The summed E-state index contributed by atoms with van der Waals surface area (Å²) < 4.78 is 0. The fourth-order valence-electron chi connectivity index (χ4n) is 1.17. The molecule has 0 heterocycles. The van der Waals surface area contributed by atoms with Crippen molar-refractivity contribution in [2.24, 2.45) is 0 Å². The standard InChI is InChI=1S/C11H13ClN2O3/c1-6(13-2)10(15)14-9-4-3-7(12)5-8(9)11(16)17/h3-6,13H,1-2H3,(H,14,15)(H,16,17). The summed E-state index contributed by atoms with van der Waals surface area (Å²) in [6.45, 7) is 1.67. The van der Waals surface area contributed by atoms with E-state index in [2.05, 4.69) is 10.6 Å². The summed E-state index contributed by atoms with van der Waals surface area (Å²) >= 11 is 5.70. The fourth-order valence-corrected chi connectivity index (χ4v) is 1.35. The number of halogens is 1. The molecule has 0 spiro atoms. The fraction of sp³-hybridized carbons (Fsp3) is 0.273. The molecule has 0 saturated carbocycles. The van der Waals surface area contributed by atoms with Crippen LogP contribution in [0.2, 0.25) is 5.02 Å². The van der Waals surface area contributed by atoms with Crippen LogP contribution in [0.4, 0.5) is 5.69 Å². The molecule has 0 aliphatic rings. The van der Waals surface area contributed by atoms with Gasteiger partial charge < -0.3 is 15.7 Å². The molecule has 0 aromatic heterocycles. The third-order valence-corrected chi connectivity index (χ3v) is 2.53. The number of hydrogen-bond acceptors (Lipinski definition) is 3. The van der Waals surface area contributed by atoms with Crippen LogP contribution in [-0.4, -0.2) is 30.1 Å². The lowest BCUT2D eigenvalue weighted by Crippen LogP contribution is -2.35. The van der Waals surface area contributed by atoms with Crippen molar-refractivity contribution in [3.8, 4) is 0 Å². The van der Waals surface area contributed by atoms with Gasteiger partial charge in [-0.1, -0.05) is 11.6 Å². The lowest BCUT2D eigenvalue weighted by Gasteiger charge is -2.12. The molecule has 1 amide bonds. The molecule has 92 valence electrons. The molecule has 1 rings (SSSR count). The number of carboxylic acids is 1. The molecular formula is C11H13ClN2O3. The summed E-state index contributed by atoms with van der Waals surface area (Å²) in [5.74, 6) is -1.45. The molecule has 0 aliphatic heterocycles. The van der Waals surface area contributed by atoms with Gasteiger partial charge in [0.1, 0.15) is 0 Å². The van der Waals surface area contributed by atoms with Crippen molar-refractivity contribution in [1.29, 1.82) is 0 Å². The van der Waals surface area contributed by atoms with Gasteiger partial charge in [0, 0.05) is 5.02 Å². The predicted molar refractivity (Wildman–Crippen MR) is 65.6 cm³/mol. The van der Waals surface area contributed by atoms with Crippen molar-refractivity contribution in [3.63, 3.8) is 0 Å². The molecule has 5 nitrogen and oxygen atoms in total.